The number of rotatable bonds is 5. The van der Waals surface area contributed by atoms with Gasteiger partial charge in [0, 0.05) is 5.69 Å². The number of aryl methyl sites for hydroxylation is 1. The summed E-state index contributed by atoms with van der Waals surface area (Å²) in [4.78, 5) is 28.1. The Morgan fingerprint density at radius 3 is 2.29 bits per heavy atom. The smallest absolute Gasteiger partial charge is 0.340 e. The zero-order valence-electron chi connectivity index (χ0n) is 12.2. The molecule has 0 saturated carbocycles. The number of nitriles is 2. The molecule has 0 spiro atoms. The van der Waals surface area contributed by atoms with Crippen LogP contribution in [-0.4, -0.2) is 41.5 Å². The van der Waals surface area contributed by atoms with Gasteiger partial charge in [-0.1, -0.05) is 0 Å². The average molecular weight is 288 g/mol. The van der Waals surface area contributed by atoms with Crippen LogP contribution in [0, 0.1) is 36.5 Å². The fourth-order valence-electron chi connectivity index (χ4n) is 2.00. The molecule has 0 saturated heterocycles. The summed E-state index contributed by atoms with van der Waals surface area (Å²) in [7, 11) is 0. The summed E-state index contributed by atoms with van der Waals surface area (Å²) in [6, 6.07) is 3.67. The minimum absolute atomic E-state index is 0.195. The van der Waals surface area contributed by atoms with Crippen LogP contribution in [-0.2, 0) is 4.74 Å². The minimum Gasteiger partial charge on any atom is -0.462 e. The maximum absolute atomic E-state index is 12.3. The van der Waals surface area contributed by atoms with E-state index in [-0.39, 0.29) is 25.4 Å². The third-order valence-electron chi connectivity index (χ3n) is 2.94. The van der Waals surface area contributed by atoms with Gasteiger partial charge in [0.1, 0.15) is 18.8 Å². The molecule has 0 aliphatic rings. The molecular formula is C14H16N4O3. The molecule has 110 valence electrons. The molecule has 0 atom stereocenters. The molecule has 1 rings (SSSR count). The van der Waals surface area contributed by atoms with E-state index in [9.17, 15) is 9.59 Å². The van der Waals surface area contributed by atoms with E-state index < -0.39 is 11.9 Å². The highest BCUT2D eigenvalue weighted by Gasteiger charge is 2.25. The topological polar surface area (TPSA) is 110 Å². The van der Waals surface area contributed by atoms with Crippen molar-refractivity contribution in [3.63, 3.8) is 0 Å². The largest absolute Gasteiger partial charge is 0.462 e. The SMILES string of the molecule is CCOC(=O)c1c(C)[nH]c(C(=O)N(CC#N)CC#N)c1C. The van der Waals surface area contributed by atoms with E-state index in [1.54, 1.807) is 20.8 Å². The van der Waals surface area contributed by atoms with Crippen molar-refractivity contribution in [2.75, 3.05) is 19.7 Å². The highest BCUT2D eigenvalue weighted by molar-refractivity contribution is 6.00. The summed E-state index contributed by atoms with van der Waals surface area (Å²) in [5.41, 5.74) is 1.48. The minimum atomic E-state index is -0.505. The van der Waals surface area contributed by atoms with Crippen molar-refractivity contribution in [3.05, 3.63) is 22.5 Å². The van der Waals surface area contributed by atoms with Crippen molar-refractivity contribution >= 4 is 11.9 Å². The lowest BCUT2D eigenvalue weighted by Gasteiger charge is -2.15. The number of aromatic nitrogens is 1. The van der Waals surface area contributed by atoms with Gasteiger partial charge in [-0.15, -0.1) is 0 Å². The van der Waals surface area contributed by atoms with E-state index in [4.69, 9.17) is 15.3 Å². The zero-order chi connectivity index (χ0) is 16.0. The monoisotopic (exact) mass is 288 g/mol. The van der Waals surface area contributed by atoms with E-state index in [0.717, 1.165) is 4.90 Å². The summed E-state index contributed by atoms with van der Waals surface area (Å²) in [5, 5.41) is 17.4. The lowest BCUT2D eigenvalue weighted by molar-refractivity contribution is 0.0525. The van der Waals surface area contributed by atoms with Crippen molar-refractivity contribution in [2.45, 2.75) is 20.8 Å². The Balaban J connectivity index is 3.18. The van der Waals surface area contributed by atoms with Crippen LogP contribution >= 0.6 is 0 Å². The number of aromatic amines is 1. The summed E-state index contributed by atoms with van der Waals surface area (Å²) < 4.78 is 4.95. The van der Waals surface area contributed by atoms with Crippen LogP contribution in [0.2, 0.25) is 0 Å². The lowest BCUT2D eigenvalue weighted by atomic mass is 10.1. The van der Waals surface area contributed by atoms with Gasteiger partial charge in [0.2, 0.25) is 0 Å². The highest BCUT2D eigenvalue weighted by atomic mass is 16.5. The lowest BCUT2D eigenvalue weighted by Crippen LogP contribution is -2.32. The van der Waals surface area contributed by atoms with Gasteiger partial charge in [0.15, 0.2) is 0 Å². The quantitative estimate of drug-likeness (QED) is 0.648. The van der Waals surface area contributed by atoms with Crippen molar-refractivity contribution in [2.24, 2.45) is 0 Å². The second-order valence-corrected chi connectivity index (χ2v) is 4.32. The van der Waals surface area contributed by atoms with Gasteiger partial charge in [0.05, 0.1) is 24.3 Å². The van der Waals surface area contributed by atoms with Crippen LogP contribution in [0.1, 0.15) is 39.0 Å². The molecule has 1 aromatic heterocycles. The number of ether oxygens (including phenoxy) is 1. The molecular weight excluding hydrogens is 272 g/mol. The third-order valence-corrected chi connectivity index (χ3v) is 2.94. The molecule has 1 aromatic rings. The van der Waals surface area contributed by atoms with Crippen LogP contribution < -0.4 is 0 Å². The van der Waals surface area contributed by atoms with Crippen LogP contribution in [0.3, 0.4) is 0 Å². The normalized spacial score (nSPS) is 9.57. The molecule has 1 N–H and O–H groups in total. The predicted octanol–water partition coefficient (Wildman–Crippen LogP) is 1.30. The fraction of sp³-hybridized carbons (Fsp3) is 0.429. The molecule has 0 fully saturated rings. The number of hydrogen-bond donors (Lipinski definition) is 1. The summed E-state index contributed by atoms with van der Waals surface area (Å²) >= 11 is 0. The Bertz CT molecular complexity index is 618. The molecule has 0 radical (unpaired) electrons. The van der Waals surface area contributed by atoms with E-state index in [2.05, 4.69) is 4.98 Å². The summed E-state index contributed by atoms with van der Waals surface area (Å²) in [6.07, 6.45) is 0. The number of nitrogens with one attached hydrogen (secondary N) is 1. The van der Waals surface area contributed by atoms with Crippen LogP contribution in [0.5, 0.6) is 0 Å². The predicted molar refractivity (Wildman–Crippen MR) is 73.4 cm³/mol. The first-order chi connectivity index (χ1) is 9.97. The number of carbonyl (C=O) groups is 2. The molecule has 1 heterocycles. The maximum Gasteiger partial charge on any atom is 0.340 e. The van der Waals surface area contributed by atoms with E-state index in [1.165, 1.54) is 0 Å². The maximum atomic E-state index is 12.3. The van der Waals surface area contributed by atoms with Gasteiger partial charge in [-0.2, -0.15) is 10.5 Å². The fourth-order valence-corrected chi connectivity index (χ4v) is 2.00. The number of esters is 1. The third kappa shape index (κ3) is 3.40. The zero-order valence-corrected chi connectivity index (χ0v) is 12.2. The van der Waals surface area contributed by atoms with Gasteiger partial charge in [-0.25, -0.2) is 4.79 Å². The highest BCUT2D eigenvalue weighted by Crippen LogP contribution is 2.20. The first-order valence-electron chi connectivity index (χ1n) is 6.37. The van der Waals surface area contributed by atoms with Crippen LogP contribution in [0.4, 0.5) is 0 Å². The summed E-state index contributed by atoms with van der Waals surface area (Å²) in [6.45, 7) is 4.83. The van der Waals surface area contributed by atoms with Crippen molar-refractivity contribution in [1.82, 2.24) is 9.88 Å². The Kier molecular flexibility index (Phi) is 5.50. The number of hydrogen-bond acceptors (Lipinski definition) is 5. The number of carbonyl (C=O) groups excluding carboxylic acids is 2. The second kappa shape index (κ2) is 7.11. The van der Waals surface area contributed by atoms with Gasteiger partial charge in [-0.3, -0.25) is 4.79 Å². The van der Waals surface area contributed by atoms with Crippen molar-refractivity contribution < 1.29 is 14.3 Å². The van der Waals surface area contributed by atoms with Gasteiger partial charge in [-0.05, 0) is 26.3 Å². The Labute approximate surface area is 122 Å². The van der Waals surface area contributed by atoms with E-state index >= 15 is 0 Å². The molecule has 21 heavy (non-hydrogen) atoms. The Morgan fingerprint density at radius 2 is 1.81 bits per heavy atom. The average Bonchev–Trinajstić information content (AvgIpc) is 2.73. The van der Waals surface area contributed by atoms with Gasteiger partial charge < -0.3 is 14.6 Å². The Morgan fingerprint density at radius 1 is 1.24 bits per heavy atom. The molecule has 0 aliphatic heterocycles. The number of H-pyrrole nitrogens is 1. The van der Waals surface area contributed by atoms with Crippen LogP contribution in [0.15, 0.2) is 0 Å². The molecule has 1 amide bonds. The first kappa shape index (κ1) is 16.3. The number of amides is 1. The van der Waals surface area contributed by atoms with Gasteiger partial charge in [0.25, 0.3) is 5.91 Å². The van der Waals surface area contributed by atoms with Crippen molar-refractivity contribution in [3.8, 4) is 12.1 Å². The Hall–Kier alpha value is -2.80. The van der Waals surface area contributed by atoms with E-state index in [0.29, 0.717) is 16.8 Å². The van der Waals surface area contributed by atoms with E-state index in [1.807, 2.05) is 12.1 Å². The standard InChI is InChI=1S/C14H16N4O3/c1-4-21-14(20)11-9(2)12(17-10(11)3)13(19)18(7-5-15)8-6-16/h17H,4,7-8H2,1-3H3. The van der Waals surface area contributed by atoms with Crippen LogP contribution in [0.25, 0.3) is 0 Å². The number of nitrogens with zero attached hydrogens (tertiary/aromatic N) is 3. The molecule has 0 aliphatic carbocycles. The second-order valence-electron chi connectivity index (χ2n) is 4.32. The molecule has 7 nitrogen and oxygen atoms in total. The first-order valence-corrected chi connectivity index (χ1v) is 6.37. The summed E-state index contributed by atoms with van der Waals surface area (Å²) in [5.74, 6) is -0.996. The molecule has 0 unspecified atom stereocenters. The molecule has 0 aromatic carbocycles. The van der Waals surface area contributed by atoms with Gasteiger partial charge >= 0.3 is 5.97 Å². The van der Waals surface area contributed by atoms with Crippen molar-refractivity contribution in [1.29, 1.82) is 10.5 Å². The molecule has 0 bridgehead atoms. The molecule has 7 heteroatoms.